The Morgan fingerprint density at radius 1 is 1.09 bits per heavy atom. The Bertz CT molecular complexity index is 476. The number of rotatable bonds is 10. The van der Waals surface area contributed by atoms with Crippen LogP contribution in [0.2, 0.25) is 0 Å². The van der Waals surface area contributed by atoms with Gasteiger partial charge in [-0.1, -0.05) is 26.7 Å². The van der Waals surface area contributed by atoms with Gasteiger partial charge in [0.25, 0.3) is 0 Å². The first-order valence-corrected chi connectivity index (χ1v) is 7.59. The lowest BCUT2D eigenvalue weighted by Gasteiger charge is -2.00. The first kappa shape index (κ1) is 19.8. The standard InChI is InChI=1S/C16H24N2O4/c1-4-9-13(10-5-2)11-7-8-12-22-16(20)14(18-17)15(19)21-6-3/h7H,4-6,8-10,12H2,1-3H3. The molecule has 0 rings (SSSR count). The predicted molar refractivity (Wildman–Crippen MR) is 82.2 cm³/mol. The van der Waals surface area contributed by atoms with Crippen molar-refractivity contribution in [3.8, 4) is 0 Å². The number of nitrogens with zero attached hydrogens (tertiary/aromatic N) is 2. The van der Waals surface area contributed by atoms with E-state index in [9.17, 15) is 9.59 Å². The minimum Gasteiger partial charge on any atom is -0.457 e. The Kier molecular flexibility index (Phi) is 11.3. The third-order valence-corrected chi connectivity index (χ3v) is 2.67. The molecule has 6 heteroatoms. The van der Waals surface area contributed by atoms with Crippen LogP contribution in [0, 0.1) is 0 Å². The van der Waals surface area contributed by atoms with Crippen molar-refractivity contribution in [3.05, 3.63) is 22.9 Å². The lowest BCUT2D eigenvalue weighted by molar-refractivity contribution is -0.148. The Labute approximate surface area is 131 Å². The summed E-state index contributed by atoms with van der Waals surface area (Å²) < 4.78 is 9.43. The molecule has 0 unspecified atom stereocenters. The fourth-order valence-corrected chi connectivity index (χ4v) is 1.73. The van der Waals surface area contributed by atoms with Gasteiger partial charge in [0, 0.05) is 6.42 Å². The maximum absolute atomic E-state index is 11.5. The number of esters is 2. The second-order valence-corrected chi connectivity index (χ2v) is 4.55. The fourth-order valence-electron chi connectivity index (χ4n) is 1.73. The topological polar surface area (TPSA) is 89.0 Å². The molecule has 0 heterocycles. The molecule has 0 amide bonds. The molecule has 0 aliphatic rings. The van der Waals surface area contributed by atoms with Gasteiger partial charge < -0.3 is 15.0 Å². The minimum absolute atomic E-state index is 0.0792. The second-order valence-electron chi connectivity index (χ2n) is 4.55. The second kappa shape index (κ2) is 12.6. The van der Waals surface area contributed by atoms with E-state index in [1.54, 1.807) is 6.92 Å². The van der Waals surface area contributed by atoms with Gasteiger partial charge in [-0.25, -0.2) is 9.59 Å². The van der Waals surface area contributed by atoms with Crippen LogP contribution in [-0.2, 0) is 19.1 Å². The highest BCUT2D eigenvalue weighted by molar-refractivity contribution is 6.60. The number of hydrogen-bond acceptors (Lipinski definition) is 4. The van der Waals surface area contributed by atoms with Crippen LogP contribution < -0.4 is 0 Å². The molecule has 6 nitrogen and oxygen atoms in total. The Hall–Kier alpha value is -2.16. The molecule has 0 spiro atoms. The number of ether oxygens (including phenoxy) is 2. The third-order valence-electron chi connectivity index (χ3n) is 2.67. The molecule has 0 aliphatic carbocycles. The molecule has 122 valence electrons. The maximum atomic E-state index is 11.5. The van der Waals surface area contributed by atoms with E-state index in [0.717, 1.165) is 25.7 Å². The molecule has 0 aliphatic heterocycles. The summed E-state index contributed by atoms with van der Waals surface area (Å²) in [5.74, 6) is -2.00. The first-order valence-electron chi connectivity index (χ1n) is 7.59. The van der Waals surface area contributed by atoms with E-state index >= 15 is 0 Å². The lowest BCUT2D eigenvalue weighted by atomic mass is 10.1. The highest BCUT2D eigenvalue weighted by Crippen LogP contribution is 2.10. The van der Waals surface area contributed by atoms with Gasteiger partial charge in [0.05, 0.1) is 13.2 Å². The van der Waals surface area contributed by atoms with Crippen molar-refractivity contribution < 1.29 is 23.9 Å². The smallest absolute Gasteiger partial charge is 0.457 e. The fraction of sp³-hybridized carbons (Fsp3) is 0.625. The van der Waals surface area contributed by atoms with Gasteiger partial charge in [0.1, 0.15) is 0 Å². The van der Waals surface area contributed by atoms with Crippen molar-refractivity contribution in [2.45, 2.75) is 52.9 Å². The van der Waals surface area contributed by atoms with Crippen molar-refractivity contribution in [2.75, 3.05) is 13.2 Å². The van der Waals surface area contributed by atoms with Gasteiger partial charge in [0.2, 0.25) is 0 Å². The molecule has 0 saturated heterocycles. The summed E-state index contributed by atoms with van der Waals surface area (Å²) in [6.45, 7) is 5.97. The molecule has 0 N–H and O–H groups in total. The van der Waals surface area contributed by atoms with Gasteiger partial charge in [-0.15, -0.1) is 5.73 Å². The van der Waals surface area contributed by atoms with Crippen LogP contribution in [0.4, 0.5) is 0 Å². The number of carbonyl (C=O) groups is 2. The van der Waals surface area contributed by atoms with Crippen LogP contribution in [0.3, 0.4) is 0 Å². The average molecular weight is 308 g/mol. The normalized spacial score (nSPS) is 9.23. The van der Waals surface area contributed by atoms with Crippen molar-refractivity contribution >= 4 is 17.7 Å². The van der Waals surface area contributed by atoms with Crippen LogP contribution >= 0.6 is 0 Å². The molecule has 0 radical (unpaired) electrons. The van der Waals surface area contributed by atoms with Gasteiger partial charge in [-0.2, -0.15) is 4.79 Å². The SMILES string of the molecule is CCCC(=C=CCCOC(=O)C(=[N+]=[N-])C(=O)OCC)CCC. The van der Waals surface area contributed by atoms with Gasteiger partial charge in [0.15, 0.2) is 0 Å². The van der Waals surface area contributed by atoms with Crippen LogP contribution in [-0.4, -0.2) is 35.7 Å². The van der Waals surface area contributed by atoms with E-state index in [0.29, 0.717) is 6.42 Å². The van der Waals surface area contributed by atoms with E-state index in [4.69, 9.17) is 10.3 Å². The first-order chi connectivity index (χ1) is 10.6. The summed E-state index contributed by atoms with van der Waals surface area (Å²) in [6, 6.07) is 0. The zero-order valence-corrected chi connectivity index (χ0v) is 13.6. The molecule has 22 heavy (non-hydrogen) atoms. The van der Waals surface area contributed by atoms with Crippen molar-refractivity contribution in [1.29, 1.82) is 0 Å². The highest BCUT2D eigenvalue weighted by atomic mass is 16.6. The molecular weight excluding hydrogens is 284 g/mol. The predicted octanol–water partition coefficient (Wildman–Crippen LogP) is 2.84. The molecular formula is C16H24N2O4. The highest BCUT2D eigenvalue weighted by Gasteiger charge is 2.32. The number of hydrogen-bond donors (Lipinski definition) is 0. The van der Waals surface area contributed by atoms with Crippen LogP contribution in [0.5, 0.6) is 0 Å². The van der Waals surface area contributed by atoms with Crippen LogP contribution in [0.25, 0.3) is 5.53 Å². The summed E-state index contributed by atoms with van der Waals surface area (Å²) in [7, 11) is 0. The van der Waals surface area contributed by atoms with Crippen LogP contribution in [0.1, 0.15) is 52.9 Å². The zero-order chi connectivity index (χ0) is 16.8. The van der Waals surface area contributed by atoms with E-state index < -0.39 is 17.7 Å². The van der Waals surface area contributed by atoms with E-state index in [1.807, 2.05) is 6.08 Å². The van der Waals surface area contributed by atoms with Gasteiger partial charge >= 0.3 is 17.7 Å². The average Bonchev–Trinajstić information content (AvgIpc) is 2.48. The molecule has 0 bridgehead atoms. The quantitative estimate of drug-likeness (QED) is 0.118. The van der Waals surface area contributed by atoms with Crippen molar-refractivity contribution in [2.24, 2.45) is 0 Å². The lowest BCUT2D eigenvalue weighted by Crippen LogP contribution is -2.29. The van der Waals surface area contributed by atoms with Crippen LogP contribution in [0.15, 0.2) is 17.4 Å². The van der Waals surface area contributed by atoms with E-state index in [2.05, 4.69) is 29.1 Å². The maximum Gasteiger partial charge on any atom is 0.482 e. The molecule has 0 aromatic carbocycles. The van der Waals surface area contributed by atoms with Crippen molar-refractivity contribution in [1.82, 2.24) is 0 Å². The minimum atomic E-state index is -1.00. The molecule has 0 atom stereocenters. The summed E-state index contributed by atoms with van der Waals surface area (Å²) in [4.78, 5) is 25.5. The Balaban J connectivity index is 4.39. The summed E-state index contributed by atoms with van der Waals surface area (Å²) in [5.41, 5.74) is 12.4. The van der Waals surface area contributed by atoms with Gasteiger partial charge in [-0.3, -0.25) is 0 Å². The summed E-state index contributed by atoms with van der Waals surface area (Å²) in [6.07, 6.45) is 6.45. The van der Waals surface area contributed by atoms with E-state index in [-0.39, 0.29) is 13.2 Å². The third kappa shape index (κ3) is 8.20. The monoisotopic (exact) mass is 308 g/mol. The molecule has 0 aromatic rings. The van der Waals surface area contributed by atoms with Gasteiger partial charge in [-0.05, 0) is 31.4 Å². The van der Waals surface area contributed by atoms with E-state index in [1.165, 1.54) is 5.57 Å². The largest absolute Gasteiger partial charge is 0.482 e. The Morgan fingerprint density at radius 2 is 1.68 bits per heavy atom. The summed E-state index contributed by atoms with van der Waals surface area (Å²) in [5, 5.41) is 0. The van der Waals surface area contributed by atoms with Crippen molar-refractivity contribution in [3.63, 3.8) is 0 Å². The Morgan fingerprint density at radius 3 is 2.18 bits per heavy atom. The molecule has 0 fully saturated rings. The molecule has 0 saturated carbocycles. The summed E-state index contributed by atoms with van der Waals surface area (Å²) >= 11 is 0. The molecule has 0 aromatic heterocycles. The zero-order valence-electron chi connectivity index (χ0n) is 13.6. The number of carbonyl (C=O) groups excluding carboxylic acids is 2.